The first-order valence-electron chi connectivity index (χ1n) is 4.54. The maximum atomic E-state index is 5.46. The Morgan fingerprint density at radius 1 is 1.43 bits per heavy atom. The fourth-order valence-corrected chi connectivity index (χ4v) is 1.21. The molecule has 0 saturated heterocycles. The van der Waals surface area contributed by atoms with Gasteiger partial charge in [-0.05, 0) is 36.7 Å². The van der Waals surface area contributed by atoms with Crippen LogP contribution in [0.25, 0.3) is 0 Å². The third-order valence-electron chi connectivity index (χ3n) is 1.77. The van der Waals surface area contributed by atoms with Crippen molar-refractivity contribution < 1.29 is 4.74 Å². The molecule has 0 aromatic heterocycles. The normalized spacial score (nSPS) is 10.7. The van der Waals surface area contributed by atoms with E-state index in [1.807, 2.05) is 24.3 Å². The quantitative estimate of drug-likeness (QED) is 0.812. The molecule has 0 radical (unpaired) electrons. The highest BCUT2D eigenvalue weighted by Gasteiger charge is 1.94. The van der Waals surface area contributed by atoms with Gasteiger partial charge in [-0.25, -0.2) is 0 Å². The predicted molar refractivity (Wildman–Crippen MR) is 59.7 cm³/mol. The monoisotopic (exact) mass is 211 g/mol. The van der Waals surface area contributed by atoms with Gasteiger partial charge in [-0.1, -0.05) is 23.7 Å². The first kappa shape index (κ1) is 11.1. The summed E-state index contributed by atoms with van der Waals surface area (Å²) in [5.74, 6) is 0.853. The molecule has 0 spiro atoms. The van der Waals surface area contributed by atoms with Crippen molar-refractivity contribution in [1.29, 1.82) is 0 Å². The van der Waals surface area contributed by atoms with Crippen LogP contribution in [-0.2, 0) is 6.42 Å². The molecule has 0 aliphatic rings. The molecule has 0 bridgehead atoms. The third kappa shape index (κ3) is 3.81. The molecule has 0 atom stereocenters. The SMILES string of the molecule is NCCc1cccc(OC/C=C/Cl)c1. The lowest BCUT2D eigenvalue weighted by Crippen LogP contribution is -2.02. The number of rotatable bonds is 5. The molecule has 1 rings (SSSR count). The molecule has 0 unspecified atom stereocenters. The first-order chi connectivity index (χ1) is 6.86. The van der Waals surface area contributed by atoms with Crippen LogP contribution in [0.3, 0.4) is 0 Å². The second kappa shape index (κ2) is 6.46. The molecule has 0 amide bonds. The lowest BCUT2D eigenvalue weighted by Gasteiger charge is -2.04. The summed E-state index contributed by atoms with van der Waals surface area (Å²) >= 11 is 5.37. The highest BCUT2D eigenvalue weighted by molar-refractivity contribution is 6.25. The molecule has 0 heterocycles. The second-order valence-corrected chi connectivity index (χ2v) is 3.11. The molecule has 1 aromatic rings. The molecule has 76 valence electrons. The highest BCUT2D eigenvalue weighted by Crippen LogP contribution is 2.13. The molecule has 3 heteroatoms. The van der Waals surface area contributed by atoms with Crippen LogP contribution in [0.5, 0.6) is 5.75 Å². The van der Waals surface area contributed by atoms with E-state index in [4.69, 9.17) is 22.1 Å². The van der Waals surface area contributed by atoms with Crippen molar-refractivity contribution in [2.45, 2.75) is 6.42 Å². The molecule has 1 aromatic carbocycles. The van der Waals surface area contributed by atoms with Crippen LogP contribution in [-0.4, -0.2) is 13.2 Å². The van der Waals surface area contributed by atoms with E-state index in [9.17, 15) is 0 Å². The lowest BCUT2D eigenvalue weighted by molar-refractivity contribution is 0.362. The van der Waals surface area contributed by atoms with E-state index in [2.05, 4.69) is 0 Å². The van der Waals surface area contributed by atoms with Crippen LogP contribution in [0.15, 0.2) is 35.9 Å². The summed E-state index contributed by atoms with van der Waals surface area (Å²) in [7, 11) is 0. The Kier molecular flexibility index (Phi) is 5.12. The fourth-order valence-electron chi connectivity index (χ4n) is 1.14. The van der Waals surface area contributed by atoms with E-state index in [-0.39, 0.29) is 0 Å². The molecule has 0 saturated carbocycles. The van der Waals surface area contributed by atoms with Crippen molar-refractivity contribution in [3.63, 3.8) is 0 Å². The van der Waals surface area contributed by atoms with Crippen LogP contribution in [0.1, 0.15) is 5.56 Å². The zero-order valence-corrected chi connectivity index (χ0v) is 8.70. The Bertz CT molecular complexity index is 299. The van der Waals surface area contributed by atoms with Gasteiger partial charge in [0.2, 0.25) is 0 Å². The maximum Gasteiger partial charge on any atom is 0.120 e. The largest absolute Gasteiger partial charge is 0.489 e. The van der Waals surface area contributed by atoms with Crippen molar-refractivity contribution in [3.05, 3.63) is 41.4 Å². The Hall–Kier alpha value is -0.990. The summed E-state index contributed by atoms with van der Waals surface area (Å²) in [5, 5.41) is 0. The van der Waals surface area contributed by atoms with Crippen molar-refractivity contribution in [2.24, 2.45) is 5.73 Å². The molecular weight excluding hydrogens is 198 g/mol. The van der Waals surface area contributed by atoms with E-state index in [0.717, 1.165) is 12.2 Å². The van der Waals surface area contributed by atoms with E-state index in [0.29, 0.717) is 13.2 Å². The summed E-state index contributed by atoms with van der Waals surface area (Å²) in [6, 6.07) is 7.92. The molecule has 0 aliphatic carbocycles. The molecule has 14 heavy (non-hydrogen) atoms. The zero-order valence-electron chi connectivity index (χ0n) is 7.95. The standard InChI is InChI=1S/C11H14ClNO/c12-6-2-8-14-11-4-1-3-10(9-11)5-7-13/h1-4,6,9H,5,7-8,13H2/b6-2+. The summed E-state index contributed by atoms with van der Waals surface area (Å²) in [6.45, 7) is 1.15. The number of halogens is 1. The van der Waals surface area contributed by atoms with Gasteiger partial charge in [-0.3, -0.25) is 0 Å². The first-order valence-corrected chi connectivity index (χ1v) is 4.97. The predicted octanol–water partition coefficient (Wildman–Crippen LogP) is 2.32. The van der Waals surface area contributed by atoms with Crippen LogP contribution >= 0.6 is 11.6 Å². The van der Waals surface area contributed by atoms with Crippen molar-refractivity contribution >= 4 is 11.6 Å². The minimum Gasteiger partial charge on any atom is -0.489 e. The summed E-state index contributed by atoms with van der Waals surface area (Å²) < 4.78 is 5.42. The van der Waals surface area contributed by atoms with Crippen LogP contribution in [0, 0.1) is 0 Å². The Labute approximate surface area is 89.3 Å². The Morgan fingerprint density at radius 2 is 2.29 bits per heavy atom. The molecule has 2 N–H and O–H groups in total. The number of nitrogens with two attached hydrogens (primary N) is 1. The van der Waals surface area contributed by atoms with E-state index in [1.165, 1.54) is 11.1 Å². The number of benzene rings is 1. The van der Waals surface area contributed by atoms with Gasteiger partial charge in [0.05, 0.1) is 0 Å². The fraction of sp³-hybridized carbons (Fsp3) is 0.273. The summed E-state index contributed by atoms with van der Waals surface area (Å²) in [5.41, 5.74) is 8.11. The van der Waals surface area contributed by atoms with Gasteiger partial charge in [0, 0.05) is 5.54 Å². The minimum atomic E-state index is 0.496. The summed E-state index contributed by atoms with van der Waals surface area (Å²) in [4.78, 5) is 0. The van der Waals surface area contributed by atoms with Gasteiger partial charge in [0.1, 0.15) is 12.4 Å². The third-order valence-corrected chi connectivity index (χ3v) is 1.94. The van der Waals surface area contributed by atoms with E-state index >= 15 is 0 Å². The maximum absolute atomic E-state index is 5.46. The Morgan fingerprint density at radius 3 is 3.00 bits per heavy atom. The van der Waals surface area contributed by atoms with Crippen molar-refractivity contribution in [3.8, 4) is 5.75 Å². The average Bonchev–Trinajstić information content (AvgIpc) is 2.19. The van der Waals surface area contributed by atoms with Crippen LogP contribution < -0.4 is 10.5 Å². The lowest BCUT2D eigenvalue weighted by atomic mass is 10.1. The van der Waals surface area contributed by atoms with Gasteiger partial charge in [-0.15, -0.1) is 0 Å². The number of ether oxygens (including phenoxy) is 1. The average molecular weight is 212 g/mol. The molecular formula is C11H14ClNO. The highest BCUT2D eigenvalue weighted by atomic mass is 35.5. The van der Waals surface area contributed by atoms with Crippen LogP contribution in [0.4, 0.5) is 0 Å². The van der Waals surface area contributed by atoms with Gasteiger partial charge < -0.3 is 10.5 Å². The van der Waals surface area contributed by atoms with Gasteiger partial charge >= 0.3 is 0 Å². The van der Waals surface area contributed by atoms with E-state index < -0.39 is 0 Å². The van der Waals surface area contributed by atoms with Gasteiger partial charge in [0.25, 0.3) is 0 Å². The van der Waals surface area contributed by atoms with E-state index in [1.54, 1.807) is 6.08 Å². The Balaban J connectivity index is 2.54. The smallest absolute Gasteiger partial charge is 0.120 e. The van der Waals surface area contributed by atoms with Crippen LogP contribution in [0.2, 0.25) is 0 Å². The summed E-state index contributed by atoms with van der Waals surface area (Å²) in [6.07, 6.45) is 2.62. The van der Waals surface area contributed by atoms with Crippen molar-refractivity contribution in [2.75, 3.05) is 13.2 Å². The number of hydrogen-bond donors (Lipinski definition) is 1. The van der Waals surface area contributed by atoms with Gasteiger partial charge in [0.15, 0.2) is 0 Å². The van der Waals surface area contributed by atoms with Crippen molar-refractivity contribution in [1.82, 2.24) is 0 Å². The van der Waals surface area contributed by atoms with Gasteiger partial charge in [-0.2, -0.15) is 0 Å². The molecule has 2 nitrogen and oxygen atoms in total. The minimum absolute atomic E-state index is 0.496. The molecule has 0 aliphatic heterocycles. The number of hydrogen-bond acceptors (Lipinski definition) is 2. The topological polar surface area (TPSA) is 35.2 Å². The molecule has 0 fully saturated rings. The zero-order chi connectivity index (χ0) is 10.2. The second-order valence-electron chi connectivity index (χ2n) is 2.86.